The Labute approximate surface area is 116 Å². The Kier molecular flexibility index (Phi) is 4.98. The van der Waals surface area contributed by atoms with Crippen molar-refractivity contribution in [1.82, 2.24) is 0 Å². The molecule has 106 valence electrons. The summed E-state index contributed by atoms with van der Waals surface area (Å²) in [6.45, 7) is 9.09. The van der Waals surface area contributed by atoms with Crippen LogP contribution in [-0.2, 0) is 10.2 Å². The summed E-state index contributed by atoms with van der Waals surface area (Å²) in [5.74, 6) is -1.02. The monoisotopic (exact) mass is 263 g/mol. The molecule has 1 rings (SSSR count). The highest BCUT2D eigenvalue weighted by atomic mass is 16.4. The van der Waals surface area contributed by atoms with E-state index in [1.54, 1.807) is 6.92 Å². The summed E-state index contributed by atoms with van der Waals surface area (Å²) in [5, 5.41) is 8.87. The number of carbonyl (C=O) groups is 1. The molecular formula is C16H25NO2. The fourth-order valence-corrected chi connectivity index (χ4v) is 1.86. The van der Waals surface area contributed by atoms with E-state index in [-0.39, 0.29) is 11.3 Å². The normalized spacial score (nSPS) is 13.1. The fourth-order valence-electron chi connectivity index (χ4n) is 1.86. The van der Waals surface area contributed by atoms with E-state index in [0.29, 0.717) is 6.42 Å². The molecule has 1 unspecified atom stereocenters. The smallest absolute Gasteiger partial charge is 0.306 e. The number of hydrogen-bond donors (Lipinski definition) is 1. The van der Waals surface area contributed by atoms with Gasteiger partial charge in [-0.15, -0.1) is 0 Å². The van der Waals surface area contributed by atoms with E-state index in [0.717, 1.165) is 12.2 Å². The first kappa shape index (κ1) is 15.5. The van der Waals surface area contributed by atoms with Crippen LogP contribution in [0.25, 0.3) is 0 Å². The van der Waals surface area contributed by atoms with Crippen molar-refractivity contribution in [3.05, 3.63) is 29.8 Å². The first-order chi connectivity index (χ1) is 8.71. The molecule has 3 heteroatoms. The Morgan fingerprint density at radius 3 is 2.21 bits per heavy atom. The summed E-state index contributed by atoms with van der Waals surface area (Å²) in [6.07, 6.45) is 0.660. The second-order valence-electron chi connectivity index (χ2n) is 6.25. The van der Waals surface area contributed by atoms with Crippen LogP contribution in [0.2, 0.25) is 0 Å². The maximum atomic E-state index is 10.8. The average Bonchev–Trinajstić information content (AvgIpc) is 2.34. The third kappa shape index (κ3) is 4.58. The van der Waals surface area contributed by atoms with Crippen LogP contribution in [0.4, 0.5) is 5.69 Å². The van der Waals surface area contributed by atoms with Gasteiger partial charge in [0.15, 0.2) is 0 Å². The Morgan fingerprint density at radius 1 is 1.26 bits per heavy atom. The second-order valence-corrected chi connectivity index (χ2v) is 6.25. The number of hydrogen-bond acceptors (Lipinski definition) is 2. The van der Waals surface area contributed by atoms with E-state index in [4.69, 9.17) is 5.11 Å². The molecule has 0 aliphatic carbocycles. The molecule has 0 heterocycles. The topological polar surface area (TPSA) is 40.5 Å². The number of carboxylic acid groups (broad SMARTS) is 1. The van der Waals surface area contributed by atoms with Crippen LogP contribution in [-0.4, -0.2) is 24.7 Å². The predicted molar refractivity (Wildman–Crippen MR) is 79.8 cm³/mol. The SMILES string of the molecule is CC(CCN(C)c1ccc(C(C)(C)C)cc1)C(=O)O. The summed E-state index contributed by atoms with van der Waals surface area (Å²) in [5.41, 5.74) is 2.60. The standard InChI is InChI=1S/C16H25NO2/c1-12(15(18)19)10-11-17(5)14-8-6-13(7-9-14)16(2,3)4/h6-9,12H,10-11H2,1-5H3,(H,18,19). The van der Waals surface area contributed by atoms with Crippen LogP contribution in [0.3, 0.4) is 0 Å². The largest absolute Gasteiger partial charge is 0.481 e. The van der Waals surface area contributed by atoms with Gasteiger partial charge >= 0.3 is 5.97 Å². The zero-order chi connectivity index (χ0) is 14.6. The quantitative estimate of drug-likeness (QED) is 0.883. The minimum absolute atomic E-state index is 0.162. The van der Waals surface area contributed by atoms with Crippen molar-refractivity contribution in [3.8, 4) is 0 Å². The summed E-state index contributed by atoms with van der Waals surface area (Å²) < 4.78 is 0. The molecule has 0 saturated heterocycles. The number of anilines is 1. The molecule has 3 nitrogen and oxygen atoms in total. The van der Waals surface area contributed by atoms with Gasteiger partial charge in [-0.3, -0.25) is 4.79 Å². The van der Waals surface area contributed by atoms with Crippen molar-refractivity contribution in [3.63, 3.8) is 0 Å². The van der Waals surface area contributed by atoms with Gasteiger partial charge in [0.2, 0.25) is 0 Å². The van der Waals surface area contributed by atoms with Crippen molar-refractivity contribution in [1.29, 1.82) is 0 Å². The van der Waals surface area contributed by atoms with E-state index in [2.05, 4.69) is 49.9 Å². The minimum Gasteiger partial charge on any atom is -0.481 e. The number of rotatable bonds is 5. The molecular weight excluding hydrogens is 238 g/mol. The maximum absolute atomic E-state index is 10.8. The number of aliphatic carboxylic acids is 1. The molecule has 0 aliphatic rings. The molecule has 0 fully saturated rings. The number of carboxylic acids is 1. The number of nitrogens with zero attached hydrogens (tertiary/aromatic N) is 1. The first-order valence-electron chi connectivity index (χ1n) is 6.76. The molecule has 0 amide bonds. The molecule has 19 heavy (non-hydrogen) atoms. The van der Waals surface area contributed by atoms with E-state index < -0.39 is 5.97 Å². The lowest BCUT2D eigenvalue weighted by molar-refractivity contribution is -0.141. The average molecular weight is 263 g/mol. The molecule has 1 atom stereocenters. The van der Waals surface area contributed by atoms with Gasteiger partial charge in [0.1, 0.15) is 0 Å². The Morgan fingerprint density at radius 2 is 1.79 bits per heavy atom. The molecule has 0 aromatic heterocycles. The van der Waals surface area contributed by atoms with Gasteiger partial charge in [-0.25, -0.2) is 0 Å². The molecule has 0 bridgehead atoms. The van der Waals surface area contributed by atoms with E-state index in [1.807, 2.05) is 7.05 Å². The molecule has 1 aromatic carbocycles. The van der Waals surface area contributed by atoms with Crippen LogP contribution < -0.4 is 4.90 Å². The summed E-state index contributed by atoms with van der Waals surface area (Å²) in [6, 6.07) is 8.50. The maximum Gasteiger partial charge on any atom is 0.306 e. The Balaban J connectivity index is 2.63. The van der Waals surface area contributed by atoms with Crippen LogP contribution in [0.1, 0.15) is 39.7 Å². The third-order valence-electron chi connectivity index (χ3n) is 3.49. The van der Waals surface area contributed by atoms with Crippen LogP contribution in [0, 0.1) is 5.92 Å². The first-order valence-corrected chi connectivity index (χ1v) is 6.76. The lowest BCUT2D eigenvalue weighted by atomic mass is 9.87. The molecule has 0 saturated carbocycles. The van der Waals surface area contributed by atoms with E-state index >= 15 is 0 Å². The Hall–Kier alpha value is -1.51. The molecule has 0 spiro atoms. The highest BCUT2D eigenvalue weighted by Gasteiger charge is 2.14. The van der Waals surface area contributed by atoms with E-state index in [9.17, 15) is 4.79 Å². The second kappa shape index (κ2) is 6.09. The van der Waals surface area contributed by atoms with Gasteiger partial charge in [-0.2, -0.15) is 0 Å². The van der Waals surface area contributed by atoms with Crippen molar-refractivity contribution in [2.24, 2.45) is 5.92 Å². The van der Waals surface area contributed by atoms with Crippen molar-refractivity contribution < 1.29 is 9.90 Å². The minimum atomic E-state index is -0.725. The molecule has 1 N–H and O–H groups in total. The molecule has 0 radical (unpaired) electrons. The third-order valence-corrected chi connectivity index (χ3v) is 3.49. The highest BCUT2D eigenvalue weighted by Crippen LogP contribution is 2.24. The van der Waals surface area contributed by atoms with E-state index in [1.165, 1.54) is 5.56 Å². The van der Waals surface area contributed by atoms with Crippen LogP contribution in [0.15, 0.2) is 24.3 Å². The zero-order valence-electron chi connectivity index (χ0n) is 12.6. The van der Waals surface area contributed by atoms with Gasteiger partial charge in [0.25, 0.3) is 0 Å². The van der Waals surface area contributed by atoms with Gasteiger partial charge in [-0.05, 0) is 29.5 Å². The predicted octanol–water partition coefficient (Wildman–Crippen LogP) is 3.53. The summed E-state index contributed by atoms with van der Waals surface area (Å²) in [4.78, 5) is 12.9. The van der Waals surface area contributed by atoms with Crippen molar-refractivity contribution >= 4 is 11.7 Å². The van der Waals surface area contributed by atoms with Crippen molar-refractivity contribution in [2.75, 3.05) is 18.5 Å². The lowest BCUT2D eigenvalue weighted by Gasteiger charge is -2.23. The fraction of sp³-hybridized carbons (Fsp3) is 0.562. The summed E-state index contributed by atoms with van der Waals surface area (Å²) >= 11 is 0. The van der Waals surface area contributed by atoms with Crippen molar-refractivity contribution in [2.45, 2.75) is 39.5 Å². The van der Waals surface area contributed by atoms with Crippen LogP contribution >= 0.6 is 0 Å². The molecule has 0 aliphatic heterocycles. The molecule has 1 aromatic rings. The highest BCUT2D eigenvalue weighted by molar-refractivity contribution is 5.69. The van der Waals surface area contributed by atoms with Gasteiger partial charge in [0.05, 0.1) is 5.92 Å². The summed E-state index contributed by atoms with van der Waals surface area (Å²) in [7, 11) is 2.00. The zero-order valence-corrected chi connectivity index (χ0v) is 12.6. The van der Waals surface area contributed by atoms with Gasteiger partial charge in [0, 0.05) is 19.3 Å². The van der Waals surface area contributed by atoms with Gasteiger partial charge < -0.3 is 10.0 Å². The lowest BCUT2D eigenvalue weighted by Crippen LogP contribution is -2.23. The van der Waals surface area contributed by atoms with Gasteiger partial charge in [-0.1, -0.05) is 39.8 Å². The van der Waals surface area contributed by atoms with Crippen LogP contribution in [0.5, 0.6) is 0 Å². The number of benzene rings is 1. The Bertz CT molecular complexity index is 417.